The topological polar surface area (TPSA) is 0 Å². The predicted octanol–water partition coefficient (Wildman–Crippen LogP) is 4.64. The quantitative estimate of drug-likeness (QED) is 0.204. The molecule has 4 aliphatic carbocycles. The molecule has 0 nitrogen and oxygen atoms in total. The first-order chi connectivity index (χ1) is 23.7. The zero-order valence-electron chi connectivity index (χ0n) is 28.2. The molecule has 50 heavy (non-hydrogen) atoms. The number of fused-ring (bicyclic) bond motifs is 4. The molecule has 0 N–H and O–H groups in total. The van der Waals surface area contributed by atoms with E-state index in [0.717, 1.165) is 0 Å². The largest absolute Gasteiger partial charge is 1.00 e. The van der Waals surface area contributed by atoms with Crippen molar-refractivity contribution in [2.24, 2.45) is 0 Å². The third-order valence-corrected chi connectivity index (χ3v) is 70.1. The minimum absolute atomic E-state index is 0. The number of allylic oxidation sites excluding steroid dienone is 4. The molecule has 4 aromatic rings. The van der Waals surface area contributed by atoms with Gasteiger partial charge in [0.15, 0.2) is 0 Å². The van der Waals surface area contributed by atoms with Gasteiger partial charge in [0.1, 0.15) is 0 Å². The summed E-state index contributed by atoms with van der Waals surface area (Å²) >= 11 is -4.25. The molecule has 0 heterocycles. The van der Waals surface area contributed by atoms with Gasteiger partial charge in [-0.15, -0.1) is 0 Å². The van der Waals surface area contributed by atoms with Gasteiger partial charge in [0.2, 0.25) is 0 Å². The van der Waals surface area contributed by atoms with Crippen LogP contribution >= 0.6 is 0 Å². The van der Waals surface area contributed by atoms with Crippen molar-refractivity contribution in [3.05, 3.63) is 215 Å². The molecule has 4 atom stereocenters. The van der Waals surface area contributed by atoms with E-state index < -0.39 is 53.2 Å². The van der Waals surface area contributed by atoms with Crippen LogP contribution in [0.5, 0.6) is 0 Å². The second-order valence-corrected chi connectivity index (χ2v) is 58.3. The molecule has 4 aromatic carbocycles. The fourth-order valence-electron chi connectivity index (χ4n) is 8.11. The van der Waals surface area contributed by atoms with Crippen molar-refractivity contribution in [1.82, 2.24) is 0 Å². The summed E-state index contributed by atoms with van der Waals surface area (Å²) in [4.78, 5) is 0. The van der Waals surface area contributed by atoms with Crippen LogP contribution in [0.1, 0.15) is 59.2 Å². The molecular weight excluding hydrogens is 1010 g/mol. The maximum atomic E-state index is 4.20. The Kier molecular flexibility index (Phi) is 13.8. The van der Waals surface area contributed by atoms with Crippen LogP contribution in [0, 0.1) is 0 Å². The van der Waals surface area contributed by atoms with Crippen LogP contribution in [-0.4, -0.2) is 12.0 Å². The Morgan fingerprint density at radius 2 is 0.600 bits per heavy atom. The van der Waals surface area contributed by atoms with E-state index in [2.05, 4.69) is 195 Å². The molecule has 6 heteroatoms. The third kappa shape index (κ3) is 7.53. The van der Waals surface area contributed by atoms with Crippen molar-refractivity contribution in [3.8, 4) is 0 Å². The van der Waals surface area contributed by atoms with Crippen molar-refractivity contribution >= 4 is 36.3 Å². The molecule has 8 rings (SSSR count). The monoisotopic (exact) mass is 1060 g/mol. The van der Waals surface area contributed by atoms with Gasteiger partial charge >= 0.3 is 307 Å². The van der Waals surface area contributed by atoms with Gasteiger partial charge < -0.3 is 24.8 Å². The molecule has 0 aromatic heterocycles. The smallest absolute Gasteiger partial charge is 1.00 e. The number of halogens is 2. The Labute approximate surface area is 328 Å². The van der Waals surface area contributed by atoms with Gasteiger partial charge in [-0.3, -0.25) is 0 Å². The van der Waals surface area contributed by atoms with Crippen molar-refractivity contribution in [3.63, 3.8) is 0 Å². The molecule has 0 saturated heterocycles. The maximum Gasteiger partial charge on any atom is -1.00 e. The normalized spacial score (nSPS) is 19.2. The zero-order valence-corrected chi connectivity index (χ0v) is 39.2. The molecule has 0 fully saturated rings. The number of rotatable bonds is 10. The third-order valence-electron chi connectivity index (χ3n) is 10.4. The SMILES string of the molecule is C=C[SiH](C=C)[Hf+]([CH]1C=Cc2ccccc21)[CH]1C=Cc2ccccc21.C=C[SiH](C=C)[Hf+]([CH]1C=Cc2ccccc21)[CH]1C=Cc2ccccc21.[Cl-].[Cl-]. The number of hydrogen-bond acceptors (Lipinski definition) is 0. The molecule has 0 radical (unpaired) electrons. The number of hydrogen-bond donors (Lipinski definition) is 0. The van der Waals surface area contributed by atoms with Crippen molar-refractivity contribution in [1.29, 1.82) is 0 Å². The van der Waals surface area contributed by atoms with Crippen LogP contribution in [0.25, 0.3) is 24.3 Å². The van der Waals surface area contributed by atoms with E-state index in [9.17, 15) is 0 Å². The summed E-state index contributed by atoms with van der Waals surface area (Å²) in [5.74, 6) is -2.19. The fraction of sp³-hybridized carbons (Fsp3) is 0.0909. The second kappa shape index (κ2) is 17.9. The minimum Gasteiger partial charge on any atom is -1.00 e. The first-order valence-electron chi connectivity index (χ1n) is 17.0. The Bertz CT molecular complexity index is 1710. The van der Waals surface area contributed by atoms with Crippen molar-refractivity contribution < 1.29 is 66.0 Å². The summed E-state index contributed by atoms with van der Waals surface area (Å²) in [5, 5.41) is 0. The Balaban J connectivity index is 0.000000187. The summed E-state index contributed by atoms with van der Waals surface area (Å²) in [7, 11) is 0. The van der Waals surface area contributed by atoms with Gasteiger partial charge in [0, 0.05) is 0 Å². The van der Waals surface area contributed by atoms with E-state index in [4.69, 9.17) is 0 Å². The molecule has 4 aliphatic rings. The van der Waals surface area contributed by atoms with Crippen LogP contribution in [-0.2, 0) is 41.2 Å². The molecular formula is C44H42Cl2Hf2Si2. The molecule has 0 bridgehead atoms. The Morgan fingerprint density at radius 3 is 0.820 bits per heavy atom. The van der Waals surface area contributed by atoms with E-state index in [-0.39, 0.29) is 24.8 Å². The van der Waals surface area contributed by atoms with E-state index in [1.54, 1.807) is 22.3 Å². The predicted molar refractivity (Wildman–Crippen MR) is 208 cm³/mol. The van der Waals surface area contributed by atoms with Crippen LogP contribution in [0.4, 0.5) is 0 Å². The molecule has 0 saturated carbocycles. The van der Waals surface area contributed by atoms with E-state index in [1.807, 2.05) is 0 Å². The Morgan fingerprint density at radius 1 is 0.380 bits per heavy atom. The first-order valence-corrected chi connectivity index (χ1v) is 41.5. The minimum atomic E-state index is -2.13. The average Bonchev–Trinajstić information content (AvgIpc) is 3.95. The van der Waals surface area contributed by atoms with Gasteiger partial charge in [-0.1, -0.05) is 0 Å². The summed E-state index contributed by atoms with van der Waals surface area (Å²) in [6, 6.07) is 35.8. The van der Waals surface area contributed by atoms with Gasteiger partial charge in [0.05, 0.1) is 0 Å². The van der Waals surface area contributed by atoms with Gasteiger partial charge in [0.25, 0.3) is 0 Å². The van der Waals surface area contributed by atoms with Crippen LogP contribution < -0.4 is 24.8 Å². The summed E-state index contributed by atoms with van der Waals surface area (Å²) in [6.45, 7) is 16.8. The summed E-state index contributed by atoms with van der Waals surface area (Å²) in [5.41, 5.74) is 21.0. The van der Waals surface area contributed by atoms with Gasteiger partial charge in [-0.25, -0.2) is 0 Å². The van der Waals surface area contributed by atoms with Crippen molar-refractivity contribution in [2.75, 3.05) is 0 Å². The maximum absolute atomic E-state index is 4.20. The molecule has 0 spiro atoms. The fourth-order valence-corrected chi connectivity index (χ4v) is 66.7. The zero-order chi connectivity index (χ0) is 33.0. The first kappa shape index (κ1) is 38.8. The molecule has 248 valence electrons. The second-order valence-electron chi connectivity index (χ2n) is 12.9. The molecule has 4 unspecified atom stereocenters. The van der Waals surface area contributed by atoms with E-state index >= 15 is 0 Å². The summed E-state index contributed by atoms with van der Waals surface area (Å²) in [6.07, 6.45) is 19.3. The average molecular weight is 1050 g/mol. The van der Waals surface area contributed by atoms with E-state index in [1.165, 1.54) is 22.3 Å². The standard InChI is InChI=1S/4C9H7.2C4H7Si.2ClH.2Hf/c4*1-2-5-9-7-3-6-8(9)4-1;2*1-3-5-4-2;;;;/h4*1-7H;2*3-5H,1-2H2;2*1H;;/q;;;;;;;;2*+1/p-2. The van der Waals surface area contributed by atoms with Crippen molar-refractivity contribution in [2.45, 2.75) is 14.7 Å². The molecule has 0 aliphatic heterocycles. The van der Waals surface area contributed by atoms with Gasteiger partial charge in [-0.2, -0.15) is 0 Å². The van der Waals surface area contributed by atoms with Crippen LogP contribution in [0.3, 0.4) is 0 Å². The van der Waals surface area contributed by atoms with Crippen LogP contribution in [0.2, 0.25) is 0 Å². The van der Waals surface area contributed by atoms with Crippen LogP contribution in [0.15, 0.2) is 170 Å². The number of benzene rings is 4. The Hall–Kier alpha value is -2.45. The molecule has 0 amide bonds. The summed E-state index contributed by atoms with van der Waals surface area (Å²) < 4.78 is 2.67. The van der Waals surface area contributed by atoms with Gasteiger partial charge in [-0.05, 0) is 0 Å². The van der Waals surface area contributed by atoms with E-state index in [0.29, 0.717) is 14.7 Å².